The molecule has 0 spiro atoms. The summed E-state index contributed by atoms with van der Waals surface area (Å²) in [4.78, 5) is 4.24. The van der Waals surface area contributed by atoms with Gasteiger partial charge in [-0.3, -0.25) is 0 Å². The summed E-state index contributed by atoms with van der Waals surface area (Å²) in [6.45, 7) is 5.64. The van der Waals surface area contributed by atoms with Crippen molar-refractivity contribution in [1.29, 1.82) is 0 Å². The molecule has 0 aliphatic carbocycles. The van der Waals surface area contributed by atoms with E-state index in [-0.39, 0.29) is 0 Å². The highest BCUT2D eigenvalue weighted by atomic mass is 35.5. The number of ether oxygens (including phenoxy) is 1. The highest BCUT2D eigenvalue weighted by molar-refractivity contribution is 6.30. The van der Waals surface area contributed by atoms with E-state index in [0.29, 0.717) is 18.5 Å². The molecule has 20 heavy (non-hydrogen) atoms. The van der Waals surface area contributed by atoms with Gasteiger partial charge >= 0.3 is 0 Å². The molecule has 0 amide bonds. The van der Waals surface area contributed by atoms with Crippen molar-refractivity contribution < 1.29 is 4.74 Å². The van der Waals surface area contributed by atoms with E-state index >= 15 is 0 Å². The fraction of sp³-hybridized carbons (Fsp3) is 0.312. The number of halogens is 1. The molecular formula is C16H19ClN2O. The SMILES string of the molecule is CCNC(C)c1ccnc(OCc2ccc(Cl)cc2)c1. The van der Waals surface area contributed by atoms with Gasteiger partial charge in [0.1, 0.15) is 6.61 Å². The van der Waals surface area contributed by atoms with E-state index in [1.807, 2.05) is 36.4 Å². The third-order valence-electron chi connectivity index (χ3n) is 3.07. The Hall–Kier alpha value is -1.58. The first-order valence-corrected chi connectivity index (χ1v) is 7.13. The Labute approximate surface area is 124 Å². The van der Waals surface area contributed by atoms with Gasteiger partial charge in [-0.2, -0.15) is 0 Å². The quantitative estimate of drug-likeness (QED) is 0.873. The van der Waals surface area contributed by atoms with Gasteiger partial charge in [-0.1, -0.05) is 30.7 Å². The minimum absolute atomic E-state index is 0.292. The van der Waals surface area contributed by atoms with Crippen LogP contribution in [0.3, 0.4) is 0 Å². The number of nitrogens with zero attached hydrogens (tertiary/aromatic N) is 1. The van der Waals surface area contributed by atoms with Crippen molar-refractivity contribution in [3.63, 3.8) is 0 Å². The Morgan fingerprint density at radius 2 is 2.00 bits per heavy atom. The minimum Gasteiger partial charge on any atom is -0.473 e. The van der Waals surface area contributed by atoms with Gasteiger partial charge in [0.25, 0.3) is 0 Å². The summed E-state index contributed by atoms with van der Waals surface area (Å²) in [7, 11) is 0. The Bertz CT molecular complexity index is 542. The van der Waals surface area contributed by atoms with Crippen LogP contribution in [-0.4, -0.2) is 11.5 Å². The fourth-order valence-corrected chi connectivity index (χ4v) is 2.06. The molecule has 0 radical (unpaired) electrons. The lowest BCUT2D eigenvalue weighted by molar-refractivity contribution is 0.293. The second kappa shape index (κ2) is 7.27. The summed E-state index contributed by atoms with van der Waals surface area (Å²) in [6, 6.07) is 11.9. The number of aromatic nitrogens is 1. The molecule has 1 N–H and O–H groups in total. The molecule has 1 aromatic carbocycles. The van der Waals surface area contributed by atoms with Crippen LogP contribution in [0.4, 0.5) is 0 Å². The molecule has 0 saturated heterocycles. The number of pyridine rings is 1. The van der Waals surface area contributed by atoms with Gasteiger partial charge in [-0.05, 0) is 42.8 Å². The van der Waals surface area contributed by atoms with E-state index < -0.39 is 0 Å². The molecule has 1 heterocycles. The summed E-state index contributed by atoms with van der Waals surface area (Å²) in [5.41, 5.74) is 2.24. The number of hydrogen-bond donors (Lipinski definition) is 1. The van der Waals surface area contributed by atoms with Crippen LogP contribution in [0, 0.1) is 0 Å². The van der Waals surface area contributed by atoms with Crippen LogP contribution in [-0.2, 0) is 6.61 Å². The highest BCUT2D eigenvalue weighted by Crippen LogP contribution is 2.18. The third-order valence-corrected chi connectivity index (χ3v) is 3.32. The van der Waals surface area contributed by atoms with Crippen molar-refractivity contribution in [2.75, 3.05) is 6.54 Å². The maximum Gasteiger partial charge on any atom is 0.213 e. The topological polar surface area (TPSA) is 34.2 Å². The summed E-state index contributed by atoms with van der Waals surface area (Å²) >= 11 is 5.85. The van der Waals surface area contributed by atoms with Crippen molar-refractivity contribution in [1.82, 2.24) is 10.3 Å². The summed E-state index contributed by atoms with van der Waals surface area (Å²) in [5.74, 6) is 0.641. The number of nitrogens with one attached hydrogen (secondary N) is 1. The first-order valence-electron chi connectivity index (χ1n) is 6.75. The number of rotatable bonds is 6. The molecule has 0 aliphatic heterocycles. The van der Waals surface area contributed by atoms with E-state index in [2.05, 4.69) is 24.1 Å². The van der Waals surface area contributed by atoms with Gasteiger partial charge in [-0.25, -0.2) is 4.98 Å². The third kappa shape index (κ3) is 4.22. The molecule has 106 valence electrons. The average Bonchev–Trinajstić information content (AvgIpc) is 2.47. The lowest BCUT2D eigenvalue weighted by Crippen LogP contribution is -2.17. The van der Waals surface area contributed by atoms with Crippen molar-refractivity contribution in [2.24, 2.45) is 0 Å². The monoisotopic (exact) mass is 290 g/mol. The lowest BCUT2D eigenvalue weighted by Gasteiger charge is -2.13. The standard InChI is InChI=1S/C16H19ClN2O/c1-3-18-12(2)14-8-9-19-16(10-14)20-11-13-4-6-15(17)7-5-13/h4-10,12,18H,3,11H2,1-2H3. The van der Waals surface area contributed by atoms with Crippen molar-refractivity contribution in [3.8, 4) is 5.88 Å². The molecule has 1 unspecified atom stereocenters. The van der Waals surface area contributed by atoms with Crippen LogP contribution in [0.25, 0.3) is 0 Å². The van der Waals surface area contributed by atoms with Crippen LogP contribution >= 0.6 is 11.6 Å². The van der Waals surface area contributed by atoms with E-state index in [1.54, 1.807) is 6.20 Å². The first kappa shape index (κ1) is 14.8. The molecular weight excluding hydrogens is 272 g/mol. The molecule has 0 bridgehead atoms. The first-order chi connectivity index (χ1) is 9.69. The highest BCUT2D eigenvalue weighted by Gasteiger charge is 2.05. The van der Waals surface area contributed by atoms with Gasteiger partial charge in [0.15, 0.2) is 0 Å². The van der Waals surface area contributed by atoms with E-state index in [0.717, 1.165) is 17.1 Å². The molecule has 2 aromatic rings. The molecule has 3 nitrogen and oxygen atoms in total. The zero-order valence-corrected chi connectivity index (χ0v) is 12.5. The maximum atomic E-state index is 5.85. The van der Waals surface area contributed by atoms with Crippen LogP contribution < -0.4 is 10.1 Å². The van der Waals surface area contributed by atoms with Gasteiger partial charge in [0.05, 0.1) is 0 Å². The van der Waals surface area contributed by atoms with E-state index in [9.17, 15) is 0 Å². The summed E-state index contributed by atoms with van der Waals surface area (Å²) in [6.07, 6.45) is 1.78. The molecule has 1 atom stereocenters. The summed E-state index contributed by atoms with van der Waals surface area (Å²) < 4.78 is 5.72. The van der Waals surface area contributed by atoms with E-state index in [4.69, 9.17) is 16.3 Å². The zero-order valence-electron chi connectivity index (χ0n) is 11.8. The van der Waals surface area contributed by atoms with Crippen LogP contribution in [0.1, 0.15) is 31.0 Å². The maximum absolute atomic E-state index is 5.85. The molecule has 4 heteroatoms. The normalized spacial score (nSPS) is 12.2. The Kier molecular flexibility index (Phi) is 5.39. The van der Waals surface area contributed by atoms with Crippen molar-refractivity contribution in [2.45, 2.75) is 26.5 Å². The predicted octanol–water partition coefficient (Wildman–Crippen LogP) is 3.98. The van der Waals surface area contributed by atoms with Gasteiger partial charge in [0, 0.05) is 23.3 Å². The average molecular weight is 291 g/mol. The Morgan fingerprint density at radius 3 is 2.70 bits per heavy atom. The zero-order chi connectivity index (χ0) is 14.4. The van der Waals surface area contributed by atoms with Gasteiger partial charge in [0.2, 0.25) is 5.88 Å². The number of hydrogen-bond acceptors (Lipinski definition) is 3. The second-order valence-corrected chi connectivity index (χ2v) is 5.06. The van der Waals surface area contributed by atoms with Crippen LogP contribution in [0.5, 0.6) is 5.88 Å². The van der Waals surface area contributed by atoms with Crippen molar-refractivity contribution >= 4 is 11.6 Å². The molecule has 0 fully saturated rings. The van der Waals surface area contributed by atoms with Crippen LogP contribution in [0.15, 0.2) is 42.6 Å². The largest absolute Gasteiger partial charge is 0.473 e. The smallest absolute Gasteiger partial charge is 0.213 e. The second-order valence-electron chi connectivity index (χ2n) is 4.62. The minimum atomic E-state index is 0.292. The lowest BCUT2D eigenvalue weighted by atomic mass is 10.1. The van der Waals surface area contributed by atoms with Crippen molar-refractivity contribution in [3.05, 3.63) is 58.7 Å². The Balaban J connectivity index is 1.99. The molecule has 0 aliphatic rings. The Morgan fingerprint density at radius 1 is 1.25 bits per heavy atom. The fourth-order valence-electron chi connectivity index (χ4n) is 1.93. The molecule has 1 aromatic heterocycles. The number of benzene rings is 1. The van der Waals surface area contributed by atoms with Crippen LogP contribution in [0.2, 0.25) is 5.02 Å². The van der Waals surface area contributed by atoms with Gasteiger partial charge < -0.3 is 10.1 Å². The molecule has 0 saturated carbocycles. The van der Waals surface area contributed by atoms with Gasteiger partial charge in [-0.15, -0.1) is 0 Å². The summed E-state index contributed by atoms with van der Waals surface area (Å²) in [5, 5.41) is 4.10. The predicted molar refractivity (Wildman–Crippen MR) is 82.1 cm³/mol. The van der Waals surface area contributed by atoms with E-state index in [1.165, 1.54) is 5.56 Å². The molecule has 2 rings (SSSR count).